The second kappa shape index (κ2) is 8.03. The molecule has 3 nitrogen and oxygen atoms in total. The highest BCUT2D eigenvalue weighted by molar-refractivity contribution is 6.30. The van der Waals surface area contributed by atoms with Crippen LogP contribution in [-0.4, -0.2) is 25.0 Å². The van der Waals surface area contributed by atoms with Crippen molar-refractivity contribution in [2.75, 3.05) is 20.1 Å². The summed E-state index contributed by atoms with van der Waals surface area (Å²) in [5.41, 5.74) is 7.81. The average molecular weight is 305 g/mol. The van der Waals surface area contributed by atoms with Crippen molar-refractivity contribution in [2.24, 2.45) is 5.73 Å². The summed E-state index contributed by atoms with van der Waals surface area (Å²) in [6, 6.07) is 15.8. The van der Waals surface area contributed by atoms with Crippen molar-refractivity contribution >= 4 is 11.6 Å². The predicted octanol–water partition coefficient (Wildman–Crippen LogP) is 3.31. The number of nitrogens with two attached hydrogens (primary N) is 1. The van der Waals surface area contributed by atoms with Gasteiger partial charge in [0.15, 0.2) is 0 Å². The highest BCUT2D eigenvalue weighted by atomic mass is 35.5. The summed E-state index contributed by atoms with van der Waals surface area (Å²) in [5, 5.41) is 0.729. The van der Waals surface area contributed by atoms with Gasteiger partial charge in [0.05, 0.1) is 0 Å². The molecule has 0 aliphatic heterocycles. The Hall–Kier alpha value is -1.55. The van der Waals surface area contributed by atoms with Gasteiger partial charge in [-0.1, -0.05) is 41.9 Å². The Labute approximate surface area is 131 Å². The molecule has 0 saturated carbocycles. The quantitative estimate of drug-likeness (QED) is 0.853. The normalized spacial score (nSPS) is 10.9. The first-order chi connectivity index (χ1) is 10.2. The van der Waals surface area contributed by atoms with Crippen LogP contribution in [0, 0.1) is 0 Å². The Balaban J connectivity index is 2.02. The number of ether oxygens (including phenoxy) is 1. The minimum absolute atomic E-state index is 0.512. The topological polar surface area (TPSA) is 38.5 Å². The number of rotatable bonds is 7. The fraction of sp³-hybridized carbons (Fsp3) is 0.294. The van der Waals surface area contributed by atoms with E-state index in [0.29, 0.717) is 13.2 Å². The standard InChI is InChI=1S/C17H21ClN2O/c1-20(10-9-19)12-15-6-2-3-8-17(15)21-13-14-5-4-7-16(18)11-14/h2-8,11H,9-10,12-13,19H2,1H3. The van der Waals surface area contributed by atoms with E-state index in [1.54, 1.807) is 0 Å². The summed E-state index contributed by atoms with van der Waals surface area (Å²) in [7, 11) is 2.06. The molecule has 0 heterocycles. The molecule has 2 rings (SSSR count). The fourth-order valence-electron chi connectivity index (χ4n) is 2.15. The monoisotopic (exact) mass is 304 g/mol. The summed E-state index contributed by atoms with van der Waals surface area (Å²) in [5.74, 6) is 0.904. The van der Waals surface area contributed by atoms with Crippen LogP contribution in [0.15, 0.2) is 48.5 Å². The number of hydrogen-bond donors (Lipinski definition) is 1. The Morgan fingerprint density at radius 1 is 1.14 bits per heavy atom. The van der Waals surface area contributed by atoms with Gasteiger partial charge in [0.1, 0.15) is 12.4 Å². The highest BCUT2D eigenvalue weighted by Gasteiger charge is 2.06. The molecule has 0 fully saturated rings. The summed E-state index contributed by atoms with van der Waals surface area (Å²) in [6.45, 7) is 2.85. The van der Waals surface area contributed by atoms with Gasteiger partial charge in [-0.2, -0.15) is 0 Å². The van der Waals surface area contributed by atoms with Gasteiger partial charge >= 0.3 is 0 Å². The number of likely N-dealkylation sites (N-methyl/N-ethyl adjacent to an activating group) is 1. The van der Waals surface area contributed by atoms with E-state index in [2.05, 4.69) is 18.0 Å². The SMILES string of the molecule is CN(CCN)Cc1ccccc1OCc1cccc(Cl)c1. The van der Waals surface area contributed by atoms with E-state index in [-0.39, 0.29) is 0 Å². The van der Waals surface area contributed by atoms with Crippen LogP contribution in [0.1, 0.15) is 11.1 Å². The molecule has 21 heavy (non-hydrogen) atoms. The molecule has 0 aliphatic carbocycles. The molecule has 2 aromatic carbocycles. The average Bonchev–Trinajstić information content (AvgIpc) is 2.47. The lowest BCUT2D eigenvalue weighted by atomic mass is 10.2. The first-order valence-electron chi connectivity index (χ1n) is 7.03. The van der Waals surface area contributed by atoms with Crippen LogP contribution >= 0.6 is 11.6 Å². The minimum atomic E-state index is 0.512. The molecule has 0 amide bonds. The van der Waals surface area contributed by atoms with Gasteiger partial charge in [0, 0.05) is 30.2 Å². The van der Waals surface area contributed by atoms with Gasteiger partial charge in [-0.15, -0.1) is 0 Å². The van der Waals surface area contributed by atoms with Gasteiger partial charge in [-0.05, 0) is 30.8 Å². The molecular formula is C17H21ClN2O. The van der Waals surface area contributed by atoms with Crippen LogP contribution in [0.2, 0.25) is 5.02 Å². The van der Waals surface area contributed by atoms with Crippen LogP contribution in [0.3, 0.4) is 0 Å². The maximum Gasteiger partial charge on any atom is 0.124 e. The van der Waals surface area contributed by atoms with Gasteiger partial charge in [0.2, 0.25) is 0 Å². The van der Waals surface area contributed by atoms with Crippen molar-refractivity contribution in [3.05, 3.63) is 64.7 Å². The summed E-state index contributed by atoms with van der Waals surface area (Å²) < 4.78 is 5.94. The highest BCUT2D eigenvalue weighted by Crippen LogP contribution is 2.21. The van der Waals surface area contributed by atoms with Crippen LogP contribution in [0.4, 0.5) is 0 Å². The van der Waals surface area contributed by atoms with Gasteiger partial charge < -0.3 is 15.4 Å². The van der Waals surface area contributed by atoms with E-state index in [9.17, 15) is 0 Å². The molecule has 0 spiro atoms. The van der Waals surface area contributed by atoms with E-state index in [1.807, 2.05) is 42.5 Å². The molecule has 0 aromatic heterocycles. The molecule has 0 atom stereocenters. The molecule has 0 radical (unpaired) electrons. The first-order valence-corrected chi connectivity index (χ1v) is 7.40. The zero-order valence-electron chi connectivity index (χ0n) is 12.3. The molecule has 4 heteroatoms. The van der Waals surface area contributed by atoms with E-state index < -0.39 is 0 Å². The second-order valence-electron chi connectivity index (χ2n) is 5.05. The van der Waals surface area contributed by atoms with Crippen LogP contribution in [0.5, 0.6) is 5.75 Å². The molecule has 2 aromatic rings. The molecule has 2 N–H and O–H groups in total. The van der Waals surface area contributed by atoms with E-state index in [1.165, 1.54) is 0 Å². The fourth-order valence-corrected chi connectivity index (χ4v) is 2.37. The Bertz CT molecular complexity index is 574. The maximum absolute atomic E-state index is 5.99. The third-order valence-corrected chi connectivity index (χ3v) is 3.44. The lowest BCUT2D eigenvalue weighted by Gasteiger charge is -2.18. The van der Waals surface area contributed by atoms with Crippen LogP contribution < -0.4 is 10.5 Å². The largest absolute Gasteiger partial charge is 0.489 e. The zero-order valence-corrected chi connectivity index (χ0v) is 13.0. The smallest absolute Gasteiger partial charge is 0.124 e. The third kappa shape index (κ3) is 5.05. The second-order valence-corrected chi connectivity index (χ2v) is 5.49. The van der Waals surface area contributed by atoms with E-state index in [0.717, 1.165) is 35.0 Å². The Morgan fingerprint density at radius 2 is 1.95 bits per heavy atom. The van der Waals surface area contributed by atoms with Crippen molar-refractivity contribution in [1.82, 2.24) is 4.90 Å². The number of benzene rings is 2. The Morgan fingerprint density at radius 3 is 2.71 bits per heavy atom. The molecular weight excluding hydrogens is 284 g/mol. The molecule has 112 valence electrons. The summed E-state index contributed by atoms with van der Waals surface area (Å²) >= 11 is 5.99. The maximum atomic E-state index is 5.99. The number of halogens is 1. The van der Waals surface area contributed by atoms with Gasteiger partial charge in [0.25, 0.3) is 0 Å². The van der Waals surface area contributed by atoms with Gasteiger partial charge in [-0.25, -0.2) is 0 Å². The van der Waals surface area contributed by atoms with Crippen molar-refractivity contribution in [3.63, 3.8) is 0 Å². The van der Waals surface area contributed by atoms with Crippen molar-refractivity contribution < 1.29 is 4.74 Å². The predicted molar refractivity (Wildman–Crippen MR) is 87.6 cm³/mol. The van der Waals surface area contributed by atoms with Crippen LogP contribution in [0.25, 0.3) is 0 Å². The van der Waals surface area contributed by atoms with Crippen molar-refractivity contribution in [3.8, 4) is 5.75 Å². The van der Waals surface area contributed by atoms with E-state index >= 15 is 0 Å². The summed E-state index contributed by atoms with van der Waals surface area (Å²) in [4.78, 5) is 2.18. The number of hydrogen-bond acceptors (Lipinski definition) is 3. The molecule has 0 bridgehead atoms. The summed E-state index contributed by atoms with van der Waals surface area (Å²) in [6.07, 6.45) is 0. The minimum Gasteiger partial charge on any atom is -0.489 e. The van der Waals surface area contributed by atoms with Crippen molar-refractivity contribution in [2.45, 2.75) is 13.2 Å². The number of nitrogens with zero attached hydrogens (tertiary/aromatic N) is 1. The molecule has 0 unspecified atom stereocenters. The third-order valence-electron chi connectivity index (χ3n) is 3.21. The lowest BCUT2D eigenvalue weighted by molar-refractivity contribution is 0.287. The van der Waals surface area contributed by atoms with Gasteiger partial charge in [-0.3, -0.25) is 0 Å². The van der Waals surface area contributed by atoms with Crippen molar-refractivity contribution in [1.29, 1.82) is 0 Å². The zero-order chi connectivity index (χ0) is 15.1. The number of para-hydroxylation sites is 1. The van der Waals surface area contributed by atoms with Crippen LogP contribution in [-0.2, 0) is 13.2 Å². The lowest BCUT2D eigenvalue weighted by Crippen LogP contribution is -2.25. The molecule has 0 saturated heterocycles. The Kier molecular flexibility index (Phi) is 6.05. The van der Waals surface area contributed by atoms with E-state index in [4.69, 9.17) is 22.1 Å². The first kappa shape index (κ1) is 15.8. The molecule has 0 aliphatic rings.